The molecule has 0 bridgehead atoms. The molecule has 0 spiro atoms. The molecule has 0 radical (unpaired) electrons. The lowest BCUT2D eigenvalue weighted by Gasteiger charge is -2.06. The molecule has 2 aromatic heterocycles. The Morgan fingerprint density at radius 1 is 1.48 bits per heavy atom. The first-order chi connectivity index (χ1) is 10.1. The zero-order valence-electron chi connectivity index (χ0n) is 11.3. The van der Waals surface area contributed by atoms with Crippen molar-refractivity contribution in [1.29, 1.82) is 0 Å². The molecule has 8 heteroatoms. The highest BCUT2D eigenvalue weighted by Crippen LogP contribution is 2.27. The minimum absolute atomic E-state index is 0.306. The molecule has 2 heterocycles. The molecule has 108 valence electrons. The zero-order valence-corrected chi connectivity index (χ0v) is 12.8. The fourth-order valence-corrected chi connectivity index (χ4v) is 2.83. The van der Waals surface area contributed by atoms with Crippen molar-refractivity contribution in [3.63, 3.8) is 0 Å². The van der Waals surface area contributed by atoms with E-state index in [9.17, 15) is 4.79 Å². The van der Waals surface area contributed by atoms with E-state index in [0.29, 0.717) is 27.1 Å². The number of methoxy groups -OCH3 is 1. The SMILES string of the molecule is COc1ccc(NC(=O)c2cn3nc(C)sc3n2)cc1Cl. The number of amides is 1. The Morgan fingerprint density at radius 2 is 2.29 bits per heavy atom. The van der Waals surface area contributed by atoms with Gasteiger partial charge in [-0.2, -0.15) is 5.10 Å². The van der Waals surface area contributed by atoms with Gasteiger partial charge in [0.1, 0.15) is 16.5 Å². The second kappa shape index (κ2) is 5.34. The number of imidazole rings is 1. The zero-order chi connectivity index (χ0) is 15.0. The van der Waals surface area contributed by atoms with Crippen LogP contribution in [0.2, 0.25) is 5.02 Å². The standard InChI is InChI=1S/C13H11ClN4O2S/c1-7-17-18-6-10(16-13(18)21-7)12(19)15-8-3-4-11(20-2)9(14)5-8/h3-6H,1-2H3,(H,15,19). The summed E-state index contributed by atoms with van der Waals surface area (Å²) in [6.07, 6.45) is 1.60. The Balaban J connectivity index is 1.82. The summed E-state index contributed by atoms with van der Waals surface area (Å²) in [7, 11) is 1.53. The lowest BCUT2D eigenvalue weighted by Crippen LogP contribution is -2.12. The van der Waals surface area contributed by atoms with Crippen LogP contribution in [0.4, 0.5) is 5.69 Å². The first-order valence-electron chi connectivity index (χ1n) is 6.04. The molecule has 0 aliphatic rings. The Labute approximate surface area is 129 Å². The second-order valence-corrected chi connectivity index (χ2v) is 5.85. The molecule has 1 aromatic carbocycles. The van der Waals surface area contributed by atoms with Crippen LogP contribution in [0.15, 0.2) is 24.4 Å². The van der Waals surface area contributed by atoms with E-state index in [1.165, 1.54) is 18.4 Å². The van der Waals surface area contributed by atoms with Gasteiger partial charge in [0.2, 0.25) is 4.96 Å². The summed E-state index contributed by atoms with van der Waals surface area (Å²) in [6, 6.07) is 5.02. The molecular weight excluding hydrogens is 312 g/mol. The number of fused-ring (bicyclic) bond motifs is 1. The maximum atomic E-state index is 12.1. The van der Waals surface area contributed by atoms with Crippen LogP contribution in [0.25, 0.3) is 4.96 Å². The topological polar surface area (TPSA) is 68.5 Å². The van der Waals surface area contributed by atoms with Crippen molar-refractivity contribution in [1.82, 2.24) is 14.6 Å². The first-order valence-corrected chi connectivity index (χ1v) is 7.24. The molecule has 3 aromatic rings. The highest BCUT2D eigenvalue weighted by Gasteiger charge is 2.14. The van der Waals surface area contributed by atoms with Crippen LogP contribution in [0.1, 0.15) is 15.5 Å². The molecule has 6 nitrogen and oxygen atoms in total. The van der Waals surface area contributed by atoms with Gasteiger partial charge in [-0.15, -0.1) is 0 Å². The number of ether oxygens (including phenoxy) is 1. The number of aromatic nitrogens is 3. The van der Waals surface area contributed by atoms with E-state index < -0.39 is 0 Å². The van der Waals surface area contributed by atoms with Crippen LogP contribution in [0.3, 0.4) is 0 Å². The molecule has 3 rings (SSSR count). The lowest BCUT2D eigenvalue weighted by atomic mass is 10.3. The van der Waals surface area contributed by atoms with Gasteiger partial charge in [-0.1, -0.05) is 22.9 Å². The molecule has 0 unspecified atom stereocenters. The fourth-order valence-electron chi connectivity index (χ4n) is 1.85. The number of nitrogens with zero attached hydrogens (tertiary/aromatic N) is 3. The number of hydrogen-bond acceptors (Lipinski definition) is 5. The predicted molar refractivity (Wildman–Crippen MR) is 81.6 cm³/mol. The number of carbonyl (C=O) groups is 1. The van der Waals surface area contributed by atoms with E-state index in [4.69, 9.17) is 16.3 Å². The minimum atomic E-state index is -0.313. The molecule has 0 aliphatic carbocycles. The van der Waals surface area contributed by atoms with Gasteiger partial charge in [0, 0.05) is 5.69 Å². The van der Waals surface area contributed by atoms with Crippen molar-refractivity contribution in [3.8, 4) is 5.75 Å². The Kier molecular flexibility index (Phi) is 3.52. The van der Waals surface area contributed by atoms with Crippen LogP contribution in [-0.4, -0.2) is 27.6 Å². The van der Waals surface area contributed by atoms with Crippen molar-refractivity contribution in [2.75, 3.05) is 12.4 Å². The van der Waals surface area contributed by atoms with E-state index in [1.807, 2.05) is 6.92 Å². The van der Waals surface area contributed by atoms with Crippen LogP contribution < -0.4 is 10.1 Å². The van der Waals surface area contributed by atoms with Gasteiger partial charge >= 0.3 is 0 Å². The third-order valence-corrected chi connectivity index (χ3v) is 3.92. The van der Waals surface area contributed by atoms with Crippen molar-refractivity contribution < 1.29 is 9.53 Å². The van der Waals surface area contributed by atoms with Crippen LogP contribution in [0, 0.1) is 6.92 Å². The van der Waals surface area contributed by atoms with Gasteiger partial charge in [-0.25, -0.2) is 9.50 Å². The van der Waals surface area contributed by atoms with Crippen molar-refractivity contribution >= 4 is 39.5 Å². The first kappa shape index (κ1) is 13.8. The summed E-state index contributed by atoms with van der Waals surface area (Å²) in [5.74, 6) is 0.239. The van der Waals surface area contributed by atoms with Crippen molar-refractivity contribution in [2.45, 2.75) is 6.92 Å². The van der Waals surface area contributed by atoms with Crippen LogP contribution >= 0.6 is 22.9 Å². The van der Waals surface area contributed by atoms with Gasteiger partial charge in [0.05, 0.1) is 18.3 Å². The monoisotopic (exact) mass is 322 g/mol. The maximum Gasteiger partial charge on any atom is 0.275 e. The highest BCUT2D eigenvalue weighted by molar-refractivity contribution is 7.16. The molecule has 0 fully saturated rings. The average Bonchev–Trinajstić information content (AvgIpc) is 2.96. The van der Waals surface area contributed by atoms with E-state index >= 15 is 0 Å². The van der Waals surface area contributed by atoms with Crippen LogP contribution in [-0.2, 0) is 0 Å². The van der Waals surface area contributed by atoms with Crippen molar-refractivity contribution in [3.05, 3.63) is 40.1 Å². The third-order valence-electron chi connectivity index (χ3n) is 2.79. The second-order valence-electron chi connectivity index (χ2n) is 4.28. The number of benzene rings is 1. The van der Waals surface area contributed by atoms with E-state index in [1.54, 1.807) is 28.9 Å². The number of nitrogens with one attached hydrogen (secondary N) is 1. The van der Waals surface area contributed by atoms with Crippen LogP contribution in [0.5, 0.6) is 5.75 Å². The number of aryl methyl sites for hydroxylation is 1. The number of hydrogen-bond donors (Lipinski definition) is 1. The quantitative estimate of drug-likeness (QED) is 0.804. The number of anilines is 1. The van der Waals surface area contributed by atoms with Gasteiger partial charge in [0.15, 0.2) is 0 Å². The number of rotatable bonds is 3. The summed E-state index contributed by atoms with van der Waals surface area (Å²) in [6.45, 7) is 1.89. The summed E-state index contributed by atoms with van der Waals surface area (Å²) in [4.78, 5) is 17.1. The smallest absolute Gasteiger partial charge is 0.275 e. The largest absolute Gasteiger partial charge is 0.495 e. The Bertz CT molecular complexity index is 795. The summed E-state index contributed by atoms with van der Waals surface area (Å²) < 4.78 is 6.66. The Hall–Kier alpha value is -2.12. The van der Waals surface area contributed by atoms with Gasteiger partial charge in [-0.05, 0) is 25.1 Å². The maximum absolute atomic E-state index is 12.1. The number of carbonyl (C=O) groups excluding carboxylic acids is 1. The Morgan fingerprint density at radius 3 is 2.95 bits per heavy atom. The molecule has 0 aliphatic heterocycles. The summed E-state index contributed by atoms with van der Waals surface area (Å²) in [5.41, 5.74) is 0.881. The van der Waals surface area contributed by atoms with E-state index in [0.717, 1.165) is 5.01 Å². The van der Waals surface area contributed by atoms with E-state index in [-0.39, 0.29) is 5.91 Å². The van der Waals surface area contributed by atoms with Crippen molar-refractivity contribution in [2.24, 2.45) is 0 Å². The molecule has 0 atom stereocenters. The predicted octanol–water partition coefficient (Wildman–Crippen LogP) is 3.01. The van der Waals surface area contributed by atoms with E-state index in [2.05, 4.69) is 15.4 Å². The fraction of sp³-hybridized carbons (Fsp3) is 0.154. The molecule has 0 saturated carbocycles. The summed E-state index contributed by atoms with van der Waals surface area (Å²) >= 11 is 7.45. The minimum Gasteiger partial charge on any atom is -0.495 e. The third kappa shape index (κ3) is 2.70. The van der Waals surface area contributed by atoms with Gasteiger partial charge < -0.3 is 10.1 Å². The van der Waals surface area contributed by atoms with Gasteiger partial charge in [-0.3, -0.25) is 4.79 Å². The molecular formula is C13H11ClN4O2S. The summed E-state index contributed by atoms with van der Waals surface area (Å²) in [5, 5.41) is 8.28. The molecule has 1 amide bonds. The lowest BCUT2D eigenvalue weighted by molar-refractivity contribution is 0.102. The van der Waals surface area contributed by atoms with Gasteiger partial charge in [0.25, 0.3) is 5.91 Å². The molecule has 1 N–H and O–H groups in total. The molecule has 21 heavy (non-hydrogen) atoms. The highest BCUT2D eigenvalue weighted by atomic mass is 35.5. The normalized spacial score (nSPS) is 10.8. The molecule has 0 saturated heterocycles. The number of halogens is 1. The average molecular weight is 323 g/mol.